The predicted molar refractivity (Wildman–Crippen MR) is 196 cm³/mol. The third-order valence-electron chi connectivity index (χ3n) is 16.7. The molecule has 6 rings (SSSR count). The van der Waals surface area contributed by atoms with E-state index in [4.69, 9.17) is 18.9 Å². The lowest BCUT2D eigenvalue weighted by Gasteiger charge is -2.72. The maximum atomic E-state index is 14.6. The van der Waals surface area contributed by atoms with Gasteiger partial charge in [0, 0.05) is 32.6 Å². The van der Waals surface area contributed by atoms with Crippen molar-refractivity contribution < 1.29 is 47.6 Å². The summed E-state index contributed by atoms with van der Waals surface area (Å²) in [6, 6.07) is 0. The Labute approximate surface area is 315 Å². The largest absolute Gasteiger partial charge is 0.456 e. The molecule has 1 N–H and O–H groups in total. The first-order chi connectivity index (χ1) is 24.7. The van der Waals surface area contributed by atoms with Crippen LogP contribution in [0.25, 0.3) is 0 Å². The summed E-state index contributed by atoms with van der Waals surface area (Å²) in [7, 11) is 0. The van der Waals surface area contributed by atoms with E-state index in [9.17, 15) is 28.7 Å². The molecule has 298 valence electrons. The van der Waals surface area contributed by atoms with Gasteiger partial charge in [0.15, 0.2) is 18.3 Å². The minimum Gasteiger partial charge on any atom is -0.456 e. The first-order valence-electron chi connectivity index (χ1n) is 20.3. The quantitative estimate of drug-likeness (QED) is 0.153. The van der Waals surface area contributed by atoms with Gasteiger partial charge >= 0.3 is 17.9 Å². The van der Waals surface area contributed by atoms with Crippen molar-refractivity contribution in [2.24, 2.45) is 56.7 Å². The molecule has 0 aromatic carbocycles. The van der Waals surface area contributed by atoms with Crippen molar-refractivity contribution >= 4 is 23.7 Å². The second-order valence-electron chi connectivity index (χ2n) is 19.5. The van der Waals surface area contributed by atoms with E-state index in [0.29, 0.717) is 36.4 Å². The van der Waals surface area contributed by atoms with Gasteiger partial charge in [0.2, 0.25) is 0 Å². The number of carbonyl (C=O) groups is 4. The maximum absolute atomic E-state index is 14.6. The van der Waals surface area contributed by atoms with Crippen molar-refractivity contribution in [3.05, 3.63) is 12.2 Å². The zero-order chi connectivity index (χ0) is 39.1. The topological polar surface area (TPSA) is 125 Å². The van der Waals surface area contributed by atoms with Gasteiger partial charge in [-0.1, -0.05) is 46.8 Å². The fraction of sp³-hybridized carbons (Fsp3) is 0.860. The molecule has 15 atom stereocenters. The van der Waals surface area contributed by atoms with Crippen molar-refractivity contribution in [2.45, 2.75) is 170 Å². The van der Waals surface area contributed by atoms with E-state index in [0.717, 1.165) is 70.3 Å². The fourth-order valence-corrected chi connectivity index (χ4v) is 14.3. The summed E-state index contributed by atoms with van der Waals surface area (Å²) in [6.07, 6.45) is 2.31. The van der Waals surface area contributed by atoms with Gasteiger partial charge < -0.3 is 24.1 Å². The Balaban J connectivity index is 1.34. The van der Waals surface area contributed by atoms with Crippen LogP contribution in [-0.4, -0.2) is 72.1 Å². The zero-order valence-electron chi connectivity index (χ0n) is 33.6. The Morgan fingerprint density at radius 2 is 1.43 bits per heavy atom. The van der Waals surface area contributed by atoms with Gasteiger partial charge in [0.1, 0.15) is 24.7 Å². The number of alkyl halides is 1. The zero-order valence-corrected chi connectivity index (χ0v) is 33.6. The van der Waals surface area contributed by atoms with E-state index < -0.39 is 61.2 Å². The van der Waals surface area contributed by atoms with E-state index in [2.05, 4.69) is 48.1 Å². The van der Waals surface area contributed by atoms with Crippen LogP contribution in [0.1, 0.15) is 133 Å². The predicted octanol–water partition coefficient (Wildman–Crippen LogP) is 7.50. The van der Waals surface area contributed by atoms with Gasteiger partial charge in [-0.25, -0.2) is 4.39 Å². The number of esters is 3. The number of fused-ring (bicyclic) bond motifs is 7. The number of carbonyl (C=O) groups excluding carboxylic acids is 4. The molecular formula is C43H65FO9. The highest BCUT2D eigenvalue weighted by Gasteiger charge is 2.71. The Kier molecular flexibility index (Phi) is 10.7. The molecule has 5 saturated carbocycles. The monoisotopic (exact) mass is 744 g/mol. The standard InChI is InChI=1S/C43H65FO9/c1-23(2)27-13-18-43(21-29(48)35-37(51-25(4)46)38(52-26(5)47)36(50-24(3)45)30(22-44)53-35)20-19-41(9)28(34(27)43)11-12-32-40(8)16-15-33(49)39(6,7)31(40)14-17-42(32,41)10/h27-32,34-38,48H,1,11-22H2,2-10H3/t27-,28?,29+,30?,31?,32?,34?,35-,36+,37?,38-,40-,41+,42+,43+/m0/s1. The minimum atomic E-state index is -1.37. The van der Waals surface area contributed by atoms with Crippen LogP contribution in [0.4, 0.5) is 4.39 Å². The third-order valence-corrected chi connectivity index (χ3v) is 16.7. The molecule has 0 spiro atoms. The van der Waals surface area contributed by atoms with Crippen LogP contribution in [0.15, 0.2) is 12.2 Å². The maximum Gasteiger partial charge on any atom is 0.303 e. The smallest absolute Gasteiger partial charge is 0.303 e. The van der Waals surface area contributed by atoms with Crippen molar-refractivity contribution in [1.29, 1.82) is 0 Å². The molecule has 0 bridgehead atoms. The summed E-state index contributed by atoms with van der Waals surface area (Å²) < 4.78 is 37.5. The molecule has 10 heteroatoms. The Bertz CT molecular complexity index is 1490. The van der Waals surface area contributed by atoms with Crippen molar-refractivity contribution in [3.8, 4) is 0 Å². The summed E-state index contributed by atoms with van der Waals surface area (Å²) in [5.41, 5.74) is 0.829. The Morgan fingerprint density at radius 3 is 2.04 bits per heavy atom. The number of aliphatic hydroxyl groups excluding tert-OH is 1. The van der Waals surface area contributed by atoms with Crippen LogP contribution in [0.3, 0.4) is 0 Å². The van der Waals surface area contributed by atoms with E-state index in [1.807, 2.05) is 0 Å². The lowest BCUT2D eigenvalue weighted by molar-refractivity contribution is -0.267. The number of halogens is 1. The molecule has 1 heterocycles. The van der Waals surface area contributed by atoms with Crippen LogP contribution >= 0.6 is 0 Å². The molecule has 6 aliphatic rings. The highest BCUT2D eigenvalue weighted by molar-refractivity contribution is 5.85. The van der Waals surface area contributed by atoms with E-state index >= 15 is 0 Å². The normalized spacial score (nSPS) is 46.4. The van der Waals surface area contributed by atoms with E-state index in [-0.39, 0.29) is 38.9 Å². The average Bonchev–Trinajstić information content (AvgIpc) is 3.44. The summed E-state index contributed by atoms with van der Waals surface area (Å²) in [5, 5.41) is 12.3. The summed E-state index contributed by atoms with van der Waals surface area (Å²) >= 11 is 0. The highest BCUT2D eigenvalue weighted by atomic mass is 19.1. The number of ether oxygens (including phenoxy) is 4. The second-order valence-corrected chi connectivity index (χ2v) is 19.5. The molecule has 0 aromatic heterocycles. The number of hydrogen-bond donors (Lipinski definition) is 1. The highest BCUT2D eigenvalue weighted by Crippen LogP contribution is 2.77. The molecule has 1 aliphatic heterocycles. The number of allylic oxidation sites excluding steroid dienone is 1. The average molecular weight is 745 g/mol. The first-order valence-corrected chi connectivity index (χ1v) is 20.3. The van der Waals surface area contributed by atoms with E-state index in [1.54, 1.807) is 0 Å². The first kappa shape index (κ1) is 40.3. The van der Waals surface area contributed by atoms with Gasteiger partial charge in [0.05, 0.1) is 6.10 Å². The number of aliphatic hydroxyl groups is 1. The third kappa shape index (κ3) is 6.32. The van der Waals surface area contributed by atoms with Crippen LogP contribution in [0.5, 0.6) is 0 Å². The van der Waals surface area contributed by atoms with Gasteiger partial charge in [-0.05, 0) is 122 Å². The molecule has 53 heavy (non-hydrogen) atoms. The molecule has 6 fully saturated rings. The number of Topliss-reactive ketones (excluding diaryl/α,β-unsaturated/α-hetero) is 1. The fourth-order valence-electron chi connectivity index (χ4n) is 14.3. The summed E-state index contributed by atoms with van der Waals surface area (Å²) in [6.45, 7) is 21.1. The van der Waals surface area contributed by atoms with Crippen molar-refractivity contribution in [1.82, 2.24) is 0 Å². The summed E-state index contributed by atoms with van der Waals surface area (Å²) in [5.74, 6) is 0.0941. The molecule has 9 nitrogen and oxygen atoms in total. The Morgan fingerprint density at radius 1 is 0.811 bits per heavy atom. The van der Waals surface area contributed by atoms with Crippen molar-refractivity contribution in [3.63, 3.8) is 0 Å². The van der Waals surface area contributed by atoms with Crippen LogP contribution < -0.4 is 0 Å². The number of hydrogen-bond acceptors (Lipinski definition) is 9. The van der Waals surface area contributed by atoms with Gasteiger partial charge in [0.25, 0.3) is 0 Å². The lowest BCUT2D eigenvalue weighted by Crippen LogP contribution is -2.67. The molecule has 0 aromatic rings. The number of ketones is 1. The molecule has 5 aliphatic carbocycles. The van der Waals surface area contributed by atoms with Crippen LogP contribution in [0.2, 0.25) is 0 Å². The lowest BCUT2D eigenvalue weighted by atomic mass is 9.32. The minimum absolute atomic E-state index is 0.0469. The second kappa shape index (κ2) is 14.0. The van der Waals surface area contributed by atoms with Crippen molar-refractivity contribution in [2.75, 3.05) is 6.67 Å². The van der Waals surface area contributed by atoms with Gasteiger partial charge in [-0.3, -0.25) is 19.2 Å². The SMILES string of the molecule is C=C(C)[C@@H]1CC[C@]2(C[C@@H](O)[C@@H]3OC(CF)[C@@H](OC(C)=O)[C@H](OC(C)=O)C3OC(C)=O)CC[C@]3(C)C(CCC4[C@@]5(C)CCC(=O)C(C)(C)C5CC[C@]43C)C12. The number of rotatable bonds is 8. The van der Waals surface area contributed by atoms with E-state index in [1.165, 1.54) is 13.8 Å². The van der Waals surface area contributed by atoms with Crippen LogP contribution in [0, 0.1) is 56.7 Å². The summed E-state index contributed by atoms with van der Waals surface area (Å²) in [4.78, 5) is 50.1. The molecule has 0 radical (unpaired) electrons. The molecule has 0 amide bonds. The molecular weight excluding hydrogens is 679 g/mol. The Hall–Kier alpha value is -2.33. The van der Waals surface area contributed by atoms with Crippen LogP contribution in [-0.2, 0) is 38.1 Å². The van der Waals surface area contributed by atoms with Gasteiger partial charge in [-0.2, -0.15) is 0 Å². The molecule has 1 saturated heterocycles. The van der Waals surface area contributed by atoms with Gasteiger partial charge in [-0.15, -0.1) is 0 Å². The molecule has 6 unspecified atom stereocenters.